The van der Waals surface area contributed by atoms with Crippen LogP contribution in [0.3, 0.4) is 0 Å². The lowest BCUT2D eigenvalue weighted by atomic mass is 9.86. The molecule has 1 aromatic carbocycles. The summed E-state index contributed by atoms with van der Waals surface area (Å²) in [5.41, 5.74) is 1.22. The lowest BCUT2D eigenvalue weighted by Crippen LogP contribution is -2.38. The quantitative estimate of drug-likeness (QED) is 0.819. The molecule has 0 radical (unpaired) electrons. The summed E-state index contributed by atoms with van der Waals surface area (Å²) in [6.07, 6.45) is 0. The van der Waals surface area contributed by atoms with Gasteiger partial charge in [-0.25, -0.2) is 0 Å². The molecule has 1 N–H and O–H groups in total. The SMILES string of the molecule is CCNC(C(C)C)C(C)c1ccc(OC)cc1OC. The van der Waals surface area contributed by atoms with E-state index >= 15 is 0 Å². The number of hydrogen-bond acceptors (Lipinski definition) is 3. The van der Waals surface area contributed by atoms with Gasteiger partial charge in [0.25, 0.3) is 0 Å². The lowest BCUT2D eigenvalue weighted by Gasteiger charge is -2.29. The highest BCUT2D eigenvalue weighted by Gasteiger charge is 2.24. The molecule has 2 unspecified atom stereocenters. The van der Waals surface area contributed by atoms with Crippen LogP contribution in [0.2, 0.25) is 0 Å². The molecule has 2 atom stereocenters. The first-order chi connectivity index (χ1) is 9.04. The van der Waals surface area contributed by atoms with Crippen molar-refractivity contribution in [3.63, 3.8) is 0 Å². The third-order valence-corrected chi connectivity index (χ3v) is 3.63. The predicted molar refractivity (Wildman–Crippen MR) is 80.3 cm³/mol. The molecular formula is C16H27NO2. The fourth-order valence-electron chi connectivity index (χ4n) is 2.61. The van der Waals surface area contributed by atoms with E-state index in [9.17, 15) is 0 Å². The fourth-order valence-corrected chi connectivity index (χ4v) is 2.61. The van der Waals surface area contributed by atoms with Gasteiger partial charge in [0.2, 0.25) is 0 Å². The Bertz CT molecular complexity index is 390. The molecule has 0 aliphatic heterocycles. The van der Waals surface area contributed by atoms with Crippen molar-refractivity contribution < 1.29 is 9.47 Å². The van der Waals surface area contributed by atoms with Crippen LogP contribution in [-0.2, 0) is 0 Å². The van der Waals surface area contributed by atoms with Crippen molar-refractivity contribution in [2.75, 3.05) is 20.8 Å². The summed E-state index contributed by atoms with van der Waals surface area (Å²) >= 11 is 0. The minimum atomic E-state index is 0.390. The Morgan fingerprint density at radius 1 is 1.11 bits per heavy atom. The second kappa shape index (κ2) is 7.39. The largest absolute Gasteiger partial charge is 0.497 e. The fraction of sp³-hybridized carbons (Fsp3) is 0.625. The van der Waals surface area contributed by atoms with Gasteiger partial charge in [0, 0.05) is 18.0 Å². The Hall–Kier alpha value is -1.22. The molecular weight excluding hydrogens is 238 g/mol. The lowest BCUT2D eigenvalue weighted by molar-refractivity contribution is 0.344. The Kier molecular flexibility index (Phi) is 6.16. The molecule has 3 nitrogen and oxygen atoms in total. The van der Waals surface area contributed by atoms with Crippen LogP contribution in [0.15, 0.2) is 18.2 Å². The zero-order valence-electron chi connectivity index (χ0n) is 13.0. The van der Waals surface area contributed by atoms with Crippen molar-refractivity contribution in [1.29, 1.82) is 0 Å². The van der Waals surface area contributed by atoms with Gasteiger partial charge in [0.1, 0.15) is 11.5 Å². The predicted octanol–water partition coefficient (Wildman–Crippen LogP) is 3.44. The van der Waals surface area contributed by atoms with Crippen LogP contribution in [0, 0.1) is 5.92 Å². The Morgan fingerprint density at radius 2 is 1.79 bits per heavy atom. The molecule has 0 amide bonds. The highest BCUT2D eigenvalue weighted by Crippen LogP contribution is 2.33. The standard InChI is InChI=1S/C16H27NO2/c1-7-17-16(11(2)3)12(4)14-9-8-13(18-5)10-15(14)19-6/h8-12,16-17H,7H2,1-6H3. The summed E-state index contributed by atoms with van der Waals surface area (Å²) in [6, 6.07) is 6.49. The molecule has 0 saturated heterocycles. The van der Waals surface area contributed by atoms with Crippen LogP contribution in [0.5, 0.6) is 11.5 Å². The van der Waals surface area contributed by atoms with Gasteiger partial charge < -0.3 is 14.8 Å². The molecule has 0 spiro atoms. The van der Waals surface area contributed by atoms with E-state index in [0.717, 1.165) is 18.0 Å². The van der Waals surface area contributed by atoms with Crippen LogP contribution in [0.25, 0.3) is 0 Å². The first-order valence-corrected chi connectivity index (χ1v) is 7.00. The Balaban J connectivity index is 3.05. The van der Waals surface area contributed by atoms with E-state index in [1.165, 1.54) is 5.56 Å². The van der Waals surface area contributed by atoms with Crippen molar-refractivity contribution in [2.24, 2.45) is 5.92 Å². The maximum absolute atomic E-state index is 5.51. The average molecular weight is 265 g/mol. The Labute approximate surface area is 117 Å². The molecule has 0 heterocycles. The summed E-state index contributed by atoms with van der Waals surface area (Å²) in [5, 5.41) is 3.57. The van der Waals surface area contributed by atoms with E-state index < -0.39 is 0 Å². The van der Waals surface area contributed by atoms with Crippen LogP contribution in [-0.4, -0.2) is 26.8 Å². The van der Waals surface area contributed by atoms with E-state index in [4.69, 9.17) is 9.47 Å². The number of nitrogens with one attached hydrogen (secondary N) is 1. The summed E-state index contributed by atoms with van der Waals surface area (Å²) in [5.74, 6) is 2.69. The van der Waals surface area contributed by atoms with Gasteiger partial charge in [-0.1, -0.05) is 33.8 Å². The van der Waals surface area contributed by atoms with Gasteiger partial charge in [0.15, 0.2) is 0 Å². The molecule has 1 rings (SSSR count). The zero-order valence-corrected chi connectivity index (χ0v) is 13.0. The third kappa shape index (κ3) is 3.87. The molecule has 0 aliphatic carbocycles. The van der Waals surface area contributed by atoms with Crippen molar-refractivity contribution in [3.8, 4) is 11.5 Å². The van der Waals surface area contributed by atoms with Gasteiger partial charge in [-0.3, -0.25) is 0 Å². The first-order valence-electron chi connectivity index (χ1n) is 7.00. The van der Waals surface area contributed by atoms with Crippen LogP contribution in [0.1, 0.15) is 39.2 Å². The summed E-state index contributed by atoms with van der Waals surface area (Å²) in [4.78, 5) is 0. The van der Waals surface area contributed by atoms with Crippen LogP contribution in [0.4, 0.5) is 0 Å². The number of rotatable bonds is 7. The van der Waals surface area contributed by atoms with Crippen molar-refractivity contribution in [3.05, 3.63) is 23.8 Å². The summed E-state index contributed by atoms with van der Waals surface area (Å²) in [6.45, 7) is 9.87. The molecule has 1 aromatic rings. The van der Waals surface area contributed by atoms with Crippen molar-refractivity contribution in [1.82, 2.24) is 5.32 Å². The number of hydrogen-bond donors (Lipinski definition) is 1. The molecule has 0 aliphatic rings. The van der Waals surface area contributed by atoms with Crippen LogP contribution < -0.4 is 14.8 Å². The van der Waals surface area contributed by atoms with E-state index in [-0.39, 0.29) is 0 Å². The molecule has 0 aromatic heterocycles. The molecule has 108 valence electrons. The molecule has 0 bridgehead atoms. The zero-order chi connectivity index (χ0) is 14.4. The van der Waals surface area contributed by atoms with Gasteiger partial charge >= 0.3 is 0 Å². The van der Waals surface area contributed by atoms with E-state index in [1.807, 2.05) is 12.1 Å². The number of ether oxygens (including phenoxy) is 2. The second-order valence-corrected chi connectivity index (χ2v) is 5.22. The molecule has 3 heteroatoms. The van der Waals surface area contributed by atoms with E-state index in [0.29, 0.717) is 17.9 Å². The van der Waals surface area contributed by atoms with Gasteiger partial charge in [-0.05, 0) is 24.1 Å². The minimum absolute atomic E-state index is 0.390. The smallest absolute Gasteiger partial charge is 0.126 e. The van der Waals surface area contributed by atoms with Crippen LogP contribution >= 0.6 is 0 Å². The van der Waals surface area contributed by atoms with Gasteiger partial charge in [-0.15, -0.1) is 0 Å². The second-order valence-electron chi connectivity index (χ2n) is 5.22. The van der Waals surface area contributed by atoms with Crippen molar-refractivity contribution >= 4 is 0 Å². The number of benzene rings is 1. The highest BCUT2D eigenvalue weighted by molar-refractivity contribution is 5.43. The van der Waals surface area contributed by atoms with Gasteiger partial charge in [0.05, 0.1) is 14.2 Å². The monoisotopic (exact) mass is 265 g/mol. The van der Waals surface area contributed by atoms with Gasteiger partial charge in [-0.2, -0.15) is 0 Å². The summed E-state index contributed by atoms with van der Waals surface area (Å²) < 4.78 is 10.8. The maximum atomic E-state index is 5.51. The maximum Gasteiger partial charge on any atom is 0.126 e. The molecule has 19 heavy (non-hydrogen) atoms. The third-order valence-electron chi connectivity index (χ3n) is 3.63. The highest BCUT2D eigenvalue weighted by atomic mass is 16.5. The normalized spacial score (nSPS) is 14.3. The molecule has 0 fully saturated rings. The van der Waals surface area contributed by atoms with Crippen molar-refractivity contribution in [2.45, 2.75) is 39.7 Å². The van der Waals surface area contributed by atoms with E-state index in [1.54, 1.807) is 14.2 Å². The first kappa shape index (κ1) is 15.8. The topological polar surface area (TPSA) is 30.5 Å². The Morgan fingerprint density at radius 3 is 2.26 bits per heavy atom. The minimum Gasteiger partial charge on any atom is -0.497 e. The average Bonchev–Trinajstić information content (AvgIpc) is 2.42. The van der Waals surface area contributed by atoms with E-state index in [2.05, 4.69) is 39.1 Å². The number of likely N-dealkylation sites (N-methyl/N-ethyl adjacent to an activating group) is 1. The molecule has 0 saturated carbocycles. The number of methoxy groups -OCH3 is 2. The summed E-state index contributed by atoms with van der Waals surface area (Å²) in [7, 11) is 3.38.